The van der Waals surface area contributed by atoms with E-state index in [9.17, 15) is 0 Å². The molecule has 0 aliphatic rings. The maximum Gasteiger partial charge on any atom is 0.225 e. The van der Waals surface area contributed by atoms with Crippen LogP contribution in [0, 0.1) is 0 Å². The summed E-state index contributed by atoms with van der Waals surface area (Å²) in [5.41, 5.74) is 0.899. The number of rotatable bonds is 10. The number of para-hydroxylation sites is 1. The van der Waals surface area contributed by atoms with Gasteiger partial charge in [0.25, 0.3) is 0 Å². The van der Waals surface area contributed by atoms with Gasteiger partial charge in [0.1, 0.15) is 5.82 Å². The molecule has 2 aromatic rings. The molecule has 0 amide bonds. The molecule has 2 rings (SSSR count). The molecule has 0 radical (unpaired) electrons. The van der Waals surface area contributed by atoms with Gasteiger partial charge in [0.05, 0.1) is 5.52 Å². The quantitative estimate of drug-likeness (QED) is 0.584. The third kappa shape index (κ3) is 4.82. The standard InChI is InChI=1S/C16H24N4O2/c1-2-22-12-6-10-18-16-19-14-8-4-3-7-13(14)15(20-16)17-9-5-11-21/h3-4,7-8,21H,2,5-6,9-12H2,1H3,(H2,17,18,19,20). The molecule has 1 heterocycles. The topological polar surface area (TPSA) is 79.3 Å². The highest BCUT2D eigenvalue weighted by Crippen LogP contribution is 2.21. The van der Waals surface area contributed by atoms with Crippen molar-refractivity contribution >= 4 is 22.7 Å². The Hall–Kier alpha value is -1.92. The van der Waals surface area contributed by atoms with E-state index in [-0.39, 0.29) is 6.61 Å². The van der Waals surface area contributed by atoms with Gasteiger partial charge in [-0.25, -0.2) is 4.98 Å². The van der Waals surface area contributed by atoms with Crippen LogP contribution in [0.25, 0.3) is 10.9 Å². The lowest BCUT2D eigenvalue weighted by atomic mass is 10.2. The normalized spacial score (nSPS) is 10.8. The first-order valence-corrected chi connectivity index (χ1v) is 7.78. The number of anilines is 2. The number of aliphatic hydroxyl groups is 1. The number of nitrogens with zero attached hydrogens (tertiary/aromatic N) is 2. The van der Waals surface area contributed by atoms with E-state index >= 15 is 0 Å². The Morgan fingerprint density at radius 3 is 2.73 bits per heavy atom. The number of aromatic nitrogens is 2. The summed E-state index contributed by atoms with van der Waals surface area (Å²) in [5.74, 6) is 1.41. The van der Waals surface area contributed by atoms with Gasteiger partial charge >= 0.3 is 0 Å². The molecule has 6 heteroatoms. The molecule has 0 saturated heterocycles. The van der Waals surface area contributed by atoms with Gasteiger partial charge in [-0.05, 0) is 31.9 Å². The van der Waals surface area contributed by atoms with E-state index in [1.165, 1.54) is 0 Å². The maximum atomic E-state index is 8.90. The molecule has 1 aromatic heterocycles. The van der Waals surface area contributed by atoms with Gasteiger partial charge < -0.3 is 20.5 Å². The number of hydrogen-bond donors (Lipinski definition) is 3. The molecule has 1 aromatic carbocycles. The number of fused-ring (bicyclic) bond motifs is 1. The molecular formula is C16H24N4O2. The number of nitrogens with one attached hydrogen (secondary N) is 2. The molecule has 6 nitrogen and oxygen atoms in total. The highest BCUT2D eigenvalue weighted by atomic mass is 16.5. The fourth-order valence-corrected chi connectivity index (χ4v) is 2.10. The van der Waals surface area contributed by atoms with Crippen molar-refractivity contribution in [2.45, 2.75) is 19.8 Å². The Morgan fingerprint density at radius 2 is 1.91 bits per heavy atom. The molecule has 0 fully saturated rings. The summed E-state index contributed by atoms with van der Waals surface area (Å²) in [6.07, 6.45) is 1.60. The highest BCUT2D eigenvalue weighted by Gasteiger charge is 2.06. The van der Waals surface area contributed by atoms with Gasteiger partial charge in [0, 0.05) is 38.3 Å². The van der Waals surface area contributed by atoms with Crippen LogP contribution in [0.3, 0.4) is 0 Å². The van der Waals surface area contributed by atoms with Gasteiger partial charge in [-0.1, -0.05) is 12.1 Å². The van der Waals surface area contributed by atoms with E-state index in [1.807, 2.05) is 31.2 Å². The van der Waals surface area contributed by atoms with Crippen molar-refractivity contribution in [3.8, 4) is 0 Å². The lowest BCUT2D eigenvalue weighted by Crippen LogP contribution is -2.11. The van der Waals surface area contributed by atoms with Crippen molar-refractivity contribution in [1.29, 1.82) is 0 Å². The molecule has 3 N–H and O–H groups in total. The summed E-state index contributed by atoms with van der Waals surface area (Å²) in [7, 11) is 0. The molecule has 0 spiro atoms. The largest absolute Gasteiger partial charge is 0.396 e. The number of ether oxygens (including phenoxy) is 1. The van der Waals surface area contributed by atoms with Gasteiger partial charge in [0.2, 0.25) is 5.95 Å². The summed E-state index contributed by atoms with van der Waals surface area (Å²) in [6.45, 7) is 5.09. The van der Waals surface area contributed by atoms with E-state index in [1.54, 1.807) is 0 Å². The van der Waals surface area contributed by atoms with Gasteiger partial charge in [-0.3, -0.25) is 0 Å². The third-order valence-corrected chi connectivity index (χ3v) is 3.18. The second kappa shape index (κ2) is 9.17. The monoisotopic (exact) mass is 304 g/mol. The van der Waals surface area contributed by atoms with Crippen molar-refractivity contribution in [2.75, 3.05) is 43.5 Å². The molecule has 0 atom stereocenters. The predicted octanol–water partition coefficient (Wildman–Crippen LogP) is 2.26. The minimum absolute atomic E-state index is 0.165. The fourth-order valence-electron chi connectivity index (χ4n) is 2.10. The van der Waals surface area contributed by atoms with Gasteiger partial charge in [-0.15, -0.1) is 0 Å². The van der Waals surface area contributed by atoms with Crippen molar-refractivity contribution in [3.63, 3.8) is 0 Å². The molecular weight excluding hydrogens is 280 g/mol. The van der Waals surface area contributed by atoms with Crippen LogP contribution in [0.15, 0.2) is 24.3 Å². The molecule has 0 aliphatic heterocycles. The zero-order valence-electron chi connectivity index (χ0n) is 13.0. The zero-order valence-corrected chi connectivity index (χ0v) is 13.0. The summed E-state index contributed by atoms with van der Waals surface area (Å²) in [4.78, 5) is 9.06. The second-order valence-electron chi connectivity index (χ2n) is 4.89. The van der Waals surface area contributed by atoms with Crippen LogP contribution in [-0.2, 0) is 4.74 Å². The molecule has 0 aliphatic carbocycles. The molecule has 120 valence electrons. The second-order valence-corrected chi connectivity index (χ2v) is 4.89. The predicted molar refractivity (Wildman–Crippen MR) is 89.3 cm³/mol. The van der Waals surface area contributed by atoms with E-state index < -0.39 is 0 Å². The Balaban J connectivity index is 2.06. The summed E-state index contributed by atoms with van der Waals surface area (Å²) < 4.78 is 5.31. The minimum Gasteiger partial charge on any atom is -0.396 e. The first-order valence-electron chi connectivity index (χ1n) is 7.78. The lowest BCUT2D eigenvalue weighted by molar-refractivity contribution is 0.147. The Bertz CT molecular complexity index is 577. The smallest absolute Gasteiger partial charge is 0.225 e. The van der Waals surface area contributed by atoms with Crippen LogP contribution in [0.5, 0.6) is 0 Å². The van der Waals surface area contributed by atoms with Gasteiger partial charge in [-0.2, -0.15) is 4.98 Å². The number of aliphatic hydroxyl groups excluding tert-OH is 1. The Labute approximate surface area is 130 Å². The van der Waals surface area contributed by atoms with E-state index in [0.29, 0.717) is 18.9 Å². The minimum atomic E-state index is 0.165. The van der Waals surface area contributed by atoms with Crippen LogP contribution >= 0.6 is 0 Å². The molecule has 0 unspecified atom stereocenters. The lowest BCUT2D eigenvalue weighted by Gasteiger charge is -2.11. The van der Waals surface area contributed by atoms with Crippen molar-refractivity contribution in [3.05, 3.63) is 24.3 Å². The summed E-state index contributed by atoms with van der Waals surface area (Å²) >= 11 is 0. The Morgan fingerprint density at radius 1 is 1.09 bits per heavy atom. The molecule has 22 heavy (non-hydrogen) atoms. The number of hydrogen-bond acceptors (Lipinski definition) is 6. The number of benzene rings is 1. The summed E-state index contributed by atoms with van der Waals surface area (Å²) in [6, 6.07) is 7.90. The average Bonchev–Trinajstić information content (AvgIpc) is 2.55. The van der Waals surface area contributed by atoms with Crippen LogP contribution in [0.4, 0.5) is 11.8 Å². The molecule has 0 bridgehead atoms. The third-order valence-electron chi connectivity index (χ3n) is 3.18. The first-order chi connectivity index (χ1) is 10.8. The SMILES string of the molecule is CCOCCCNc1nc(NCCCO)c2ccccc2n1. The van der Waals surface area contributed by atoms with Crippen molar-refractivity contribution < 1.29 is 9.84 Å². The van der Waals surface area contributed by atoms with Crippen molar-refractivity contribution in [2.24, 2.45) is 0 Å². The molecule has 0 saturated carbocycles. The van der Waals surface area contributed by atoms with E-state index in [0.717, 1.165) is 42.9 Å². The average molecular weight is 304 g/mol. The first kappa shape index (κ1) is 16.5. The van der Waals surface area contributed by atoms with Crippen LogP contribution in [0.2, 0.25) is 0 Å². The van der Waals surface area contributed by atoms with Crippen LogP contribution < -0.4 is 10.6 Å². The van der Waals surface area contributed by atoms with Gasteiger partial charge in [0.15, 0.2) is 0 Å². The maximum absolute atomic E-state index is 8.90. The highest BCUT2D eigenvalue weighted by molar-refractivity contribution is 5.89. The van der Waals surface area contributed by atoms with Crippen molar-refractivity contribution in [1.82, 2.24) is 9.97 Å². The van der Waals surface area contributed by atoms with E-state index in [4.69, 9.17) is 9.84 Å². The van der Waals surface area contributed by atoms with Crippen LogP contribution in [0.1, 0.15) is 19.8 Å². The summed E-state index contributed by atoms with van der Waals surface area (Å²) in [5, 5.41) is 16.4. The van der Waals surface area contributed by atoms with E-state index in [2.05, 4.69) is 20.6 Å². The fraction of sp³-hybridized carbons (Fsp3) is 0.500. The Kier molecular flexibility index (Phi) is 6.86. The van der Waals surface area contributed by atoms with Crippen LogP contribution in [-0.4, -0.2) is 48.0 Å². The zero-order chi connectivity index (χ0) is 15.6.